The molecular formula is C25H21ClN6O. The van der Waals surface area contributed by atoms with Gasteiger partial charge in [-0.1, -0.05) is 29.8 Å². The molecule has 164 valence electrons. The van der Waals surface area contributed by atoms with Crippen LogP contribution in [0.25, 0.3) is 33.4 Å². The van der Waals surface area contributed by atoms with Gasteiger partial charge in [0.1, 0.15) is 0 Å². The maximum Gasteiger partial charge on any atom is 0.258 e. The zero-order valence-corrected chi connectivity index (χ0v) is 19.1. The summed E-state index contributed by atoms with van der Waals surface area (Å²) in [5, 5.41) is 11.9. The second kappa shape index (κ2) is 8.18. The Bertz CT molecular complexity index is 1570. The number of aromatic nitrogens is 5. The number of hydrogen-bond acceptors (Lipinski definition) is 5. The highest BCUT2D eigenvalue weighted by Gasteiger charge is 2.13. The molecule has 0 amide bonds. The summed E-state index contributed by atoms with van der Waals surface area (Å²) >= 11 is 6.08. The highest BCUT2D eigenvalue weighted by atomic mass is 35.5. The Labute approximate surface area is 195 Å². The lowest BCUT2D eigenvalue weighted by atomic mass is 9.99. The molecule has 0 saturated heterocycles. The van der Waals surface area contributed by atoms with E-state index in [9.17, 15) is 4.79 Å². The van der Waals surface area contributed by atoms with Crippen LogP contribution in [0.4, 0.5) is 11.6 Å². The minimum Gasteiger partial charge on any atom is -0.323 e. The largest absolute Gasteiger partial charge is 0.323 e. The normalized spacial score (nSPS) is 11.2. The lowest BCUT2D eigenvalue weighted by Gasteiger charge is -2.12. The average Bonchev–Trinajstić information content (AvgIpc) is 3.27. The molecule has 0 fully saturated rings. The van der Waals surface area contributed by atoms with Gasteiger partial charge in [-0.05, 0) is 61.4 Å². The van der Waals surface area contributed by atoms with E-state index in [2.05, 4.69) is 25.5 Å². The Balaban J connectivity index is 1.52. The summed E-state index contributed by atoms with van der Waals surface area (Å²) in [5.74, 6) is 1.03. The lowest BCUT2D eigenvalue weighted by Crippen LogP contribution is -2.19. The smallest absolute Gasteiger partial charge is 0.258 e. The molecule has 0 atom stereocenters. The summed E-state index contributed by atoms with van der Waals surface area (Å²) in [4.78, 5) is 22.1. The van der Waals surface area contributed by atoms with E-state index in [1.165, 1.54) is 0 Å². The summed E-state index contributed by atoms with van der Waals surface area (Å²) in [7, 11) is 1.79. The van der Waals surface area contributed by atoms with Gasteiger partial charge in [0.15, 0.2) is 5.82 Å². The first-order valence-corrected chi connectivity index (χ1v) is 10.8. The fraction of sp³-hybridized carbons (Fsp3) is 0.120. The molecule has 0 saturated carbocycles. The van der Waals surface area contributed by atoms with E-state index in [0.717, 1.165) is 39.0 Å². The number of nitrogens with one attached hydrogen (secondary N) is 2. The van der Waals surface area contributed by atoms with Crippen LogP contribution in [0.15, 0.2) is 65.6 Å². The van der Waals surface area contributed by atoms with Crippen LogP contribution in [-0.2, 0) is 7.05 Å². The number of anilines is 2. The summed E-state index contributed by atoms with van der Waals surface area (Å²) in [6, 6.07) is 17.1. The number of hydrogen-bond donors (Lipinski definition) is 2. The highest BCUT2D eigenvalue weighted by molar-refractivity contribution is 6.30. The summed E-state index contributed by atoms with van der Waals surface area (Å²) in [6.45, 7) is 3.90. The van der Waals surface area contributed by atoms with E-state index >= 15 is 0 Å². The second-order valence-electron chi connectivity index (χ2n) is 7.98. The zero-order chi connectivity index (χ0) is 23.1. The molecule has 0 aliphatic heterocycles. The quantitative estimate of drug-likeness (QED) is 0.378. The van der Waals surface area contributed by atoms with Crippen molar-refractivity contribution in [1.82, 2.24) is 24.7 Å². The summed E-state index contributed by atoms with van der Waals surface area (Å²) < 4.78 is 1.67. The van der Waals surface area contributed by atoms with Crippen LogP contribution in [0.1, 0.15) is 11.3 Å². The van der Waals surface area contributed by atoms with Gasteiger partial charge in [-0.3, -0.25) is 14.9 Å². The molecule has 3 heterocycles. The van der Waals surface area contributed by atoms with Crippen molar-refractivity contribution in [3.8, 4) is 22.5 Å². The fourth-order valence-electron chi connectivity index (χ4n) is 3.86. The van der Waals surface area contributed by atoms with Crippen LogP contribution in [0.5, 0.6) is 0 Å². The molecule has 3 aromatic heterocycles. The molecular weight excluding hydrogens is 436 g/mol. The molecule has 0 spiro atoms. The zero-order valence-electron chi connectivity index (χ0n) is 18.3. The minimum absolute atomic E-state index is 0.0607. The van der Waals surface area contributed by atoms with Crippen LogP contribution in [-0.4, -0.2) is 24.7 Å². The van der Waals surface area contributed by atoms with E-state index in [4.69, 9.17) is 11.6 Å². The molecule has 0 unspecified atom stereocenters. The fourth-order valence-corrected chi connectivity index (χ4v) is 4.05. The van der Waals surface area contributed by atoms with Crippen molar-refractivity contribution in [3.63, 3.8) is 0 Å². The van der Waals surface area contributed by atoms with Crippen molar-refractivity contribution in [2.45, 2.75) is 13.8 Å². The van der Waals surface area contributed by atoms with Crippen molar-refractivity contribution >= 4 is 34.1 Å². The molecule has 0 aliphatic carbocycles. The first-order valence-electron chi connectivity index (χ1n) is 10.4. The Hall–Kier alpha value is -3.97. The van der Waals surface area contributed by atoms with Gasteiger partial charge < -0.3 is 9.88 Å². The second-order valence-corrected chi connectivity index (χ2v) is 8.42. The van der Waals surface area contributed by atoms with Crippen LogP contribution in [0, 0.1) is 13.8 Å². The van der Waals surface area contributed by atoms with Gasteiger partial charge in [0.05, 0.1) is 5.52 Å². The Morgan fingerprint density at radius 2 is 1.88 bits per heavy atom. The van der Waals surface area contributed by atoms with Crippen molar-refractivity contribution < 1.29 is 0 Å². The third-order valence-electron chi connectivity index (χ3n) is 5.61. The molecule has 2 N–H and O–H groups in total. The van der Waals surface area contributed by atoms with Gasteiger partial charge in [0.25, 0.3) is 5.56 Å². The van der Waals surface area contributed by atoms with Crippen LogP contribution in [0.2, 0.25) is 5.02 Å². The molecule has 2 aromatic carbocycles. The molecule has 8 heteroatoms. The molecule has 7 nitrogen and oxygen atoms in total. The monoisotopic (exact) mass is 456 g/mol. The third-order valence-corrected chi connectivity index (χ3v) is 5.85. The van der Waals surface area contributed by atoms with Crippen molar-refractivity contribution in [3.05, 3.63) is 87.4 Å². The van der Waals surface area contributed by atoms with Crippen LogP contribution >= 0.6 is 11.6 Å². The van der Waals surface area contributed by atoms with Gasteiger partial charge in [-0.15, -0.1) is 5.10 Å². The Morgan fingerprint density at radius 3 is 2.70 bits per heavy atom. The summed E-state index contributed by atoms with van der Waals surface area (Å²) in [5.41, 5.74) is 5.74. The number of H-pyrrole nitrogens is 1. The number of aromatic amines is 1. The number of pyridine rings is 2. The first kappa shape index (κ1) is 20.9. The van der Waals surface area contributed by atoms with Gasteiger partial charge in [0.2, 0.25) is 5.95 Å². The maximum absolute atomic E-state index is 13.2. The average molecular weight is 457 g/mol. The van der Waals surface area contributed by atoms with Crippen molar-refractivity contribution in [1.29, 1.82) is 0 Å². The Kier molecular flexibility index (Phi) is 5.18. The number of nitrogens with zero attached hydrogens (tertiary/aromatic N) is 4. The number of rotatable bonds is 4. The van der Waals surface area contributed by atoms with Gasteiger partial charge >= 0.3 is 0 Å². The number of aryl methyl sites for hydroxylation is 3. The van der Waals surface area contributed by atoms with E-state index in [-0.39, 0.29) is 5.56 Å². The highest BCUT2D eigenvalue weighted by Crippen LogP contribution is 2.28. The summed E-state index contributed by atoms with van der Waals surface area (Å²) in [6.07, 6.45) is 1.80. The van der Waals surface area contributed by atoms with Crippen molar-refractivity contribution in [2.75, 3.05) is 5.32 Å². The molecule has 5 aromatic rings. The standard InChI is InChI=1S/C25H21ClN6O/c1-14-7-8-19(28-25-29-23(30-31-25)16-5-4-6-18(26)10-16)12-20(14)21-11-17-13-27-15(2)9-22(17)32(3)24(21)33/h4-13H,1-3H3,(H2,28,29,30,31). The third kappa shape index (κ3) is 3.99. The number of halogens is 1. The predicted molar refractivity (Wildman–Crippen MR) is 132 cm³/mol. The maximum atomic E-state index is 13.2. The molecule has 0 aliphatic rings. The van der Waals surface area contributed by atoms with E-state index in [0.29, 0.717) is 22.4 Å². The molecule has 5 rings (SSSR count). The number of fused-ring (bicyclic) bond motifs is 1. The molecule has 0 radical (unpaired) electrons. The van der Waals surface area contributed by atoms with Gasteiger partial charge in [-0.25, -0.2) is 0 Å². The SMILES string of the molecule is Cc1cc2c(cn1)cc(-c1cc(Nc3n[nH]c(-c4cccc(Cl)c4)n3)ccc1C)c(=O)n2C. The lowest BCUT2D eigenvalue weighted by molar-refractivity contribution is 0.905. The van der Waals surface area contributed by atoms with E-state index in [1.807, 2.05) is 68.4 Å². The van der Waals surface area contributed by atoms with Crippen LogP contribution < -0.4 is 10.9 Å². The molecule has 33 heavy (non-hydrogen) atoms. The van der Waals surface area contributed by atoms with Crippen molar-refractivity contribution in [2.24, 2.45) is 7.05 Å². The van der Waals surface area contributed by atoms with Gasteiger partial charge in [-0.2, -0.15) is 4.98 Å². The van der Waals surface area contributed by atoms with Gasteiger partial charge in [0, 0.05) is 46.2 Å². The van der Waals surface area contributed by atoms with E-state index in [1.54, 1.807) is 17.8 Å². The Morgan fingerprint density at radius 1 is 1.03 bits per heavy atom. The number of benzene rings is 2. The first-order chi connectivity index (χ1) is 15.9. The van der Waals surface area contributed by atoms with E-state index < -0.39 is 0 Å². The van der Waals surface area contributed by atoms with Crippen LogP contribution in [0.3, 0.4) is 0 Å². The minimum atomic E-state index is -0.0607. The predicted octanol–water partition coefficient (Wildman–Crippen LogP) is 5.40. The molecule has 0 bridgehead atoms. The topological polar surface area (TPSA) is 88.5 Å².